The lowest BCUT2D eigenvalue weighted by Crippen LogP contribution is -2.36. The molecule has 1 aromatic carbocycles. The fraction of sp³-hybridized carbons (Fsp3) is 0.350. The van der Waals surface area contributed by atoms with Crippen LogP contribution in [0.3, 0.4) is 0 Å². The van der Waals surface area contributed by atoms with Gasteiger partial charge in [0.25, 0.3) is 5.91 Å². The zero-order valence-electron chi connectivity index (χ0n) is 15.6. The van der Waals surface area contributed by atoms with Crippen molar-refractivity contribution in [3.63, 3.8) is 0 Å². The number of carbonyl (C=O) groups excluding carboxylic acids is 1. The van der Waals surface area contributed by atoms with Crippen molar-refractivity contribution in [3.8, 4) is 5.75 Å². The molecule has 2 atom stereocenters. The van der Waals surface area contributed by atoms with Gasteiger partial charge in [0.05, 0.1) is 12.2 Å². The molecule has 0 aliphatic carbocycles. The zero-order valence-corrected chi connectivity index (χ0v) is 15.6. The van der Waals surface area contributed by atoms with Gasteiger partial charge in [-0.25, -0.2) is 13.9 Å². The van der Waals surface area contributed by atoms with E-state index in [1.165, 1.54) is 18.3 Å². The monoisotopic (exact) mass is 381 g/mol. The standard InChI is InChI=1S/C20H20FN5O2/c1-11-14-8-13(21)7-12-9-20(2,28-17(12)14)4-5-22-19(27)15-10-23-26-6-3-16(24-11)25-18(15)26/h3,6-8,10-11H,4-5,9H2,1-2H3,(H,22,27)(H,24,25)/t11-,20+/m1/s1. The number of halogens is 1. The Bertz CT molecular complexity index is 1110. The highest BCUT2D eigenvalue weighted by Gasteiger charge is 2.37. The van der Waals surface area contributed by atoms with Crippen LogP contribution in [-0.2, 0) is 6.42 Å². The lowest BCUT2D eigenvalue weighted by molar-refractivity contribution is 0.0895. The highest BCUT2D eigenvalue weighted by Crippen LogP contribution is 2.42. The largest absolute Gasteiger partial charge is 0.486 e. The highest BCUT2D eigenvalue weighted by atomic mass is 19.1. The molecule has 1 amide bonds. The van der Waals surface area contributed by atoms with Crippen molar-refractivity contribution in [1.82, 2.24) is 19.9 Å². The summed E-state index contributed by atoms with van der Waals surface area (Å²) in [4.78, 5) is 17.2. The van der Waals surface area contributed by atoms with E-state index in [2.05, 4.69) is 20.7 Å². The van der Waals surface area contributed by atoms with Crippen LogP contribution in [0.2, 0.25) is 0 Å². The number of anilines is 1. The summed E-state index contributed by atoms with van der Waals surface area (Å²) in [6, 6.07) is 4.59. The summed E-state index contributed by atoms with van der Waals surface area (Å²) < 4.78 is 22.1. The molecule has 0 unspecified atom stereocenters. The van der Waals surface area contributed by atoms with Crippen LogP contribution >= 0.6 is 0 Å². The van der Waals surface area contributed by atoms with E-state index in [4.69, 9.17) is 4.74 Å². The maximum absolute atomic E-state index is 14.3. The molecule has 2 aliphatic heterocycles. The van der Waals surface area contributed by atoms with Gasteiger partial charge in [-0.2, -0.15) is 5.10 Å². The first-order chi connectivity index (χ1) is 13.4. The van der Waals surface area contributed by atoms with Gasteiger partial charge in [-0.15, -0.1) is 0 Å². The molecular formula is C20H20FN5O2. The van der Waals surface area contributed by atoms with Gasteiger partial charge < -0.3 is 15.4 Å². The fourth-order valence-electron chi connectivity index (χ4n) is 4.02. The van der Waals surface area contributed by atoms with Gasteiger partial charge in [0, 0.05) is 36.7 Å². The number of fused-ring (bicyclic) bond motifs is 2. The minimum absolute atomic E-state index is 0.226. The predicted molar refractivity (Wildman–Crippen MR) is 101 cm³/mol. The van der Waals surface area contributed by atoms with Gasteiger partial charge in [-0.3, -0.25) is 4.79 Å². The maximum atomic E-state index is 14.3. The van der Waals surface area contributed by atoms with Crippen molar-refractivity contribution < 1.29 is 13.9 Å². The summed E-state index contributed by atoms with van der Waals surface area (Å²) in [5.41, 5.74) is 2.00. The molecule has 4 bridgehead atoms. The van der Waals surface area contributed by atoms with Crippen molar-refractivity contribution in [2.45, 2.75) is 38.3 Å². The summed E-state index contributed by atoms with van der Waals surface area (Å²) in [5.74, 6) is 0.786. The second-order valence-electron chi connectivity index (χ2n) is 7.72. The topological polar surface area (TPSA) is 80.5 Å². The summed E-state index contributed by atoms with van der Waals surface area (Å²) in [6.45, 7) is 4.37. The Labute approximate surface area is 160 Å². The Hall–Kier alpha value is -3.16. The number of aromatic nitrogens is 3. The van der Waals surface area contributed by atoms with E-state index < -0.39 is 5.60 Å². The first-order valence-electron chi connectivity index (χ1n) is 9.32. The Balaban J connectivity index is 1.64. The van der Waals surface area contributed by atoms with Gasteiger partial charge in [-0.05, 0) is 32.0 Å². The number of hydrogen-bond acceptors (Lipinski definition) is 5. The lowest BCUT2D eigenvalue weighted by Gasteiger charge is -2.25. The third-order valence-corrected chi connectivity index (χ3v) is 5.46. The number of carbonyl (C=O) groups is 1. The van der Waals surface area contributed by atoms with E-state index in [1.807, 2.05) is 13.8 Å². The Morgan fingerprint density at radius 1 is 1.39 bits per heavy atom. The summed E-state index contributed by atoms with van der Waals surface area (Å²) in [5, 5.41) is 10.4. The highest BCUT2D eigenvalue weighted by molar-refractivity contribution is 5.99. The van der Waals surface area contributed by atoms with Crippen molar-refractivity contribution in [2.75, 3.05) is 11.9 Å². The number of ether oxygens (including phenoxy) is 1. The van der Waals surface area contributed by atoms with Crippen LogP contribution < -0.4 is 15.4 Å². The van der Waals surface area contributed by atoms with Crippen LogP contribution in [0, 0.1) is 5.82 Å². The van der Waals surface area contributed by atoms with Crippen LogP contribution in [0.5, 0.6) is 5.75 Å². The van der Waals surface area contributed by atoms with Crippen molar-refractivity contribution in [2.24, 2.45) is 0 Å². The molecule has 8 heteroatoms. The molecule has 2 aliphatic rings. The van der Waals surface area contributed by atoms with E-state index in [9.17, 15) is 9.18 Å². The van der Waals surface area contributed by atoms with E-state index in [1.54, 1.807) is 16.8 Å². The predicted octanol–water partition coefficient (Wildman–Crippen LogP) is 2.87. The number of nitrogens with zero attached hydrogens (tertiary/aromatic N) is 3. The summed E-state index contributed by atoms with van der Waals surface area (Å²) in [6.07, 6.45) is 4.46. The minimum atomic E-state index is -0.497. The zero-order chi connectivity index (χ0) is 19.5. The quantitative estimate of drug-likeness (QED) is 0.626. The van der Waals surface area contributed by atoms with E-state index >= 15 is 0 Å². The second kappa shape index (κ2) is 5.92. The number of amides is 1. The molecule has 5 rings (SSSR count). The first kappa shape index (κ1) is 17.0. The molecule has 0 fully saturated rings. The smallest absolute Gasteiger partial charge is 0.256 e. The SMILES string of the molecule is C[C@H]1Nc2ccn3ncc(c3n2)C(=O)NCC[C@@]2(C)Cc3cc(F)cc1c3O2. The molecule has 2 aromatic heterocycles. The van der Waals surface area contributed by atoms with Crippen LogP contribution in [0.15, 0.2) is 30.6 Å². The summed E-state index contributed by atoms with van der Waals surface area (Å²) in [7, 11) is 0. The van der Waals surface area contributed by atoms with Crippen LogP contribution in [0.4, 0.5) is 10.2 Å². The first-order valence-corrected chi connectivity index (χ1v) is 9.32. The third kappa shape index (κ3) is 2.67. The fourth-order valence-corrected chi connectivity index (χ4v) is 4.02. The average Bonchev–Trinajstić information content (AvgIpc) is 3.20. The van der Waals surface area contributed by atoms with Crippen LogP contribution in [-0.4, -0.2) is 32.7 Å². The summed E-state index contributed by atoms with van der Waals surface area (Å²) >= 11 is 0. The molecule has 0 spiro atoms. The maximum Gasteiger partial charge on any atom is 0.256 e. The second-order valence-corrected chi connectivity index (χ2v) is 7.72. The van der Waals surface area contributed by atoms with Gasteiger partial charge in [0.1, 0.15) is 28.5 Å². The molecule has 7 nitrogen and oxygen atoms in total. The number of hydrogen-bond donors (Lipinski definition) is 2. The third-order valence-electron chi connectivity index (χ3n) is 5.46. The molecule has 0 radical (unpaired) electrons. The molecule has 28 heavy (non-hydrogen) atoms. The molecule has 4 heterocycles. The molecular weight excluding hydrogens is 361 g/mol. The van der Waals surface area contributed by atoms with Crippen LogP contribution in [0.25, 0.3) is 5.65 Å². The molecule has 0 saturated carbocycles. The molecule has 3 aromatic rings. The van der Waals surface area contributed by atoms with Gasteiger partial charge in [-0.1, -0.05) is 0 Å². The van der Waals surface area contributed by atoms with E-state index in [0.717, 1.165) is 16.9 Å². The van der Waals surface area contributed by atoms with E-state index in [0.29, 0.717) is 36.4 Å². The Morgan fingerprint density at radius 2 is 2.25 bits per heavy atom. The van der Waals surface area contributed by atoms with Crippen LogP contribution in [0.1, 0.15) is 47.8 Å². The van der Waals surface area contributed by atoms with Gasteiger partial charge >= 0.3 is 0 Å². The Morgan fingerprint density at radius 3 is 3.11 bits per heavy atom. The van der Waals surface area contributed by atoms with Crippen molar-refractivity contribution >= 4 is 17.4 Å². The normalized spacial score (nSPS) is 23.8. The average molecular weight is 381 g/mol. The molecule has 144 valence electrons. The number of rotatable bonds is 0. The molecule has 0 saturated heterocycles. The minimum Gasteiger partial charge on any atom is -0.486 e. The van der Waals surface area contributed by atoms with Gasteiger partial charge in [0.2, 0.25) is 0 Å². The van der Waals surface area contributed by atoms with Gasteiger partial charge in [0.15, 0.2) is 5.65 Å². The molecule has 2 N–H and O–H groups in total. The van der Waals surface area contributed by atoms with Crippen molar-refractivity contribution in [1.29, 1.82) is 0 Å². The van der Waals surface area contributed by atoms with E-state index in [-0.39, 0.29) is 17.8 Å². The number of nitrogens with one attached hydrogen (secondary N) is 2. The lowest BCUT2D eigenvalue weighted by atomic mass is 9.94. The Kier molecular flexibility index (Phi) is 3.59. The number of benzene rings is 1. The van der Waals surface area contributed by atoms with Crippen molar-refractivity contribution in [3.05, 3.63) is 53.1 Å².